The Hall–Kier alpha value is -0.0900. The fraction of sp³-hybridized carbons (Fsp3) is 1.00. The topological polar surface area (TPSA) is 54.4 Å². The number of sulfone groups is 1. The number of aliphatic hydroxyl groups is 1. The highest BCUT2D eigenvalue weighted by molar-refractivity contribution is 7.90. The van der Waals surface area contributed by atoms with Crippen LogP contribution in [0.25, 0.3) is 0 Å². The fourth-order valence-corrected chi connectivity index (χ4v) is 2.76. The van der Waals surface area contributed by atoms with E-state index in [9.17, 15) is 13.5 Å². The molecule has 0 amide bonds. The summed E-state index contributed by atoms with van der Waals surface area (Å²) in [6.45, 7) is 8.63. The van der Waals surface area contributed by atoms with E-state index in [0.29, 0.717) is 18.8 Å². The number of aliphatic hydroxyl groups excluding tert-OH is 1. The van der Waals surface area contributed by atoms with Crippen LogP contribution in [0.1, 0.15) is 47.0 Å². The van der Waals surface area contributed by atoms with Crippen LogP contribution in [0.3, 0.4) is 0 Å². The van der Waals surface area contributed by atoms with E-state index in [1.165, 1.54) is 6.26 Å². The van der Waals surface area contributed by atoms with Crippen LogP contribution in [-0.4, -0.2) is 31.6 Å². The first-order valence-corrected chi connectivity index (χ1v) is 7.91. The van der Waals surface area contributed by atoms with Gasteiger partial charge in [-0.15, -0.1) is 0 Å². The Balaban J connectivity index is 3.92. The molecule has 0 rings (SSSR count). The van der Waals surface area contributed by atoms with Crippen LogP contribution in [-0.2, 0) is 9.84 Å². The van der Waals surface area contributed by atoms with Gasteiger partial charge in [0.15, 0.2) is 0 Å². The van der Waals surface area contributed by atoms with E-state index in [2.05, 4.69) is 27.7 Å². The molecule has 0 heterocycles. The largest absolute Gasteiger partial charge is 0.393 e. The van der Waals surface area contributed by atoms with Gasteiger partial charge in [0.1, 0.15) is 9.84 Å². The van der Waals surface area contributed by atoms with Crippen LogP contribution in [0.5, 0.6) is 0 Å². The molecule has 0 bridgehead atoms. The summed E-state index contributed by atoms with van der Waals surface area (Å²) in [6, 6.07) is 0. The Morgan fingerprint density at radius 2 is 1.75 bits per heavy atom. The molecule has 0 aliphatic carbocycles. The van der Waals surface area contributed by atoms with E-state index in [-0.39, 0.29) is 11.2 Å². The minimum Gasteiger partial charge on any atom is -0.393 e. The smallest absolute Gasteiger partial charge is 0.147 e. The highest BCUT2D eigenvalue weighted by atomic mass is 32.2. The molecule has 0 fully saturated rings. The molecule has 0 aromatic carbocycles. The third-order valence-corrected chi connectivity index (χ3v) is 3.43. The number of rotatable bonds is 6. The summed E-state index contributed by atoms with van der Waals surface area (Å²) >= 11 is 0. The van der Waals surface area contributed by atoms with Crippen LogP contribution in [0.2, 0.25) is 0 Å². The molecular weight excluding hydrogens is 224 g/mol. The van der Waals surface area contributed by atoms with Crippen LogP contribution in [0.15, 0.2) is 0 Å². The second kappa shape index (κ2) is 6.01. The summed E-state index contributed by atoms with van der Waals surface area (Å²) in [5.41, 5.74) is 0.260. The lowest BCUT2D eigenvalue weighted by molar-refractivity contribution is 0.129. The predicted octanol–water partition coefficient (Wildman–Crippen LogP) is 2.24. The second-order valence-electron chi connectivity index (χ2n) is 6.18. The standard InChI is InChI=1S/C12H26O3S/c1-10(9-12(2,3)4)8-11(13)6-7-16(5,14)15/h10-11,13H,6-9H2,1-5H3. The average Bonchev–Trinajstić information content (AvgIpc) is 1.95. The van der Waals surface area contributed by atoms with Crippen molar-refractivity contribution in [1.82, 2.24) is 0 Å². The lowest BCUT2D eigenvalue weighted by Crippen LogP contribution is -2.19. The molecule has 4 heteroatoms. The van der Waals surface area contributed by atoms with Crippen LogP contribution in [0, 0.1) is 11.3 Å². The van der Waals surface area contributed by atoms with Gasteiger partial charge in [-0.25, -0.2) is 8.42 Å². The fourth-order valence-electron chi connectivity index (χ4n) is 2.06. The summed E-state index contributed by atoms with van der Waals surface area (Å²) in [6.07, 6.45) is 2.80. The molecule has 1 N–H and O–H groups in total. The lowest BCUT2D eigenvalue weighted by Gasteiger charge is -2.24. The van der Waals surface area contributed by atoms with Gasteiger partial charge in [-0.2, -0.15) is 0 Å². The maximum atomic E-state index is 10.9. The Labute approximate surface area is 100 Å². The SMILES string of the molecule is CC(CC(O)CCS(C)(=O)=O)CC(C)(C)C. The number of hydrogen-bond acceptors (Lipinski definition) is 3. The molecule has 0 saturated carbocycles. The monoisotopic (exact) mass is 250 g/mol. The van der Waals surface area contributed by atoms with Gasteiger partial charge in [0.2, 0.25) is 0 Å². The molecule has 0 spiro atoms. The summed E-state index contributed by atoms with van der Waals surface area (Å²) in [5, 5.41) is 9.72. The van der Waals surface area contributed by atoms with Crippen molar-refractivity contribution < 1.29 is 13.5 Å². The van der Waals surface area contributed by atoms with E-state index >= 15 is 0 Å². The van der Waals surface area contributed by atoms with E-state index < -0.39 is 15.9 Å². The molecule has 2 unspecified atom stereocenters. The van der Waals surface area contributed by atoms with Crippen molar-refractivity contribution >= 4 is 9.84 Å². The van der Waals surface area contributed by atoms with Crippen molar-refractivity contribution in [3.63, 3.8) is 0 Å². The molecule has 2 atom stereocenters. The third kappa shape index (κ3) is 10.4. The minimum atomic E-state index is -2.95. The Morgan fingerprint density at radius 1 is 1.25 bits per heavy atom. The molecular formula is C12H26O3S. The van der Waals surface area contributed by atoms with Crippen molar-refractivity contribution in [2.45, 2.75) is 53.1 Å². The summed E-state index contributed by atoms with van der Waals surface area (Å²) in [5.74, 6) is 0.505. The first-order valence-electron chi connectivity index (χ1n) is 5.85. The van der Waals surface area contributed by atoms with Crippen molar-refractivity contribution in [3.05, 3.63) is 0 Å². The van der Waals surface area contributed by atoms with E-state index in [0.717, 1.165) is 6.42 Å². The van der Waals surface area contributed by atoms with Crippen molar-refractivity contribution in [2.24, 2.45) is 11.3 Å². The maximum Gasteiger partial charge on any atom is 0.147 e. The molecule has 0 aliphatic heterocycles. The lowest BCUT2D eigenvalue weighted by atomic mass is 9.83. The van der Waals surface area contributed by atoms with E-state index in [4.69, 9.17) is 0 Å². The first-order chi connectivity index (χ1) is 6.99. The van der Waals surface area contributed by atoms with Crippen molar-refractivity contribution in [3.8, 4) is 0 Å². The zero-order valence-electron chi connectivity index (χ0n) is 11.2. The Kier molecular flexibility index (Phi) is 5.98. The molecule has 0 radical (unpaired) electrons. The van der Waals surface area contributed by atoms with Gasteiger partial charge in [0.05, 0.1) is 11.9 Å². The normalized spacial score (nSPS) is 17.1. The van der Waals surface area contributed by atoms with Gasteiger partial charge >= 0.3 is 0 Å². The maximum absolute atomic E-state index is 10.9. The summed E-state index contributed by atoms with van der Waals surface area (Å²) in [7, 11) is -2.95. The van der Waals surface area contributed by atoms with Crippen LogP contribution >= 0.6 is 0 Å². The predicted molar refractivity (Wildman–Crippen MR) is 68.2 cm³/mol. The molecule has 98 valence electrons. The molecule has 0 aromatic heterocycles. The van der Waals surface area contributed by atoms with E-state index in [1.807, 2.05) is 0 Å². The van der Waals surface area contributed by atoms with Gasteiger partial charge in [-0.3, -0.25) is 0 Å². The third-order valence-electron chi connectivity index (χ3n) is 2.46. The van der Waals surface area contributed by atoms with Gasteiger partial charge < -0.3 is 5.11 Å². The Morgan fingerprint density at radius 3 is 2.12 bits per heavy atom. The molecule has 0 saturated heterocycles. The van der Waals surface area contributed by atoms with Crippen molar-refractivity contribution in [1.29, 1.82) is 0 Å². The zero-order chi connectivity index (χ0) is 13.0. The highest BCUT2D eigenvalue weighted by Gasteiger charge is 2.18. The van der Waals surface area contributed by atoms with Gasteiger partial charge in [-0.05, 0) is 30.6 Å². The summed E-state index contributed by atoms with van der Waals surface area (Å²) < 4.78 is 21.9. The van der Waals surface area contributed by atoms with Crippen LogP contribution < -0.4 is 0 Å². The highest BCUT2D eigenvalue weighted by Crippen LogP contribution is 2.27. The second-order valence-corrected chi connectivity index (χ2v) is 8.44. The number of hydrogen-bond donors (Lipinski definition) is 1. The molecule has 3 nitrogen and oxygen atoms in total. The zero-order valence-corrected chi connectivity index (χ0v) is 12.0. The molecule has 16 heavy (non-hydrogen) atoms. The summed E-state index contributed by atoms with van der Waals surface area (Å²) in [4.78, 5) is 0. The van der Waals surface area contributed by atoms with Gasteiger partial charge in [0, 0.05) is 6.26 Å². The van der Waals surface area contributed by atoms with E-state index in [1.54, 1.807) is 0 Å². The molecule has 0 aromatic rings. The van der Waals surface area contributed by atoms with Crippen molar-refractivity contribution in [2.75, 3.05) is 12.0 Å². The van der Waals surface area contributed by atoms with Crippen LogP contribution in [0.4, 0.5) is 0 Å². The Bertz CT molecular complexity index is 288. The van der Waals surface area contributed by atoms with Gasteiger partial charge in [-0.1, -0.05) is 27.7 Å². The molecule has 0 aliphatic rings. The minimum absolute atomic E-state index is 0.0798. The quantitative estimate of drug-likeness (QED) is 0.786. The van der Waals surface area contributed by atoms with Gasteiger partial charge in [0.25, 0.3) is 0 Å². The first kappa shape index (κ1) is 15.9. The average molecular weight is 250 g/mol.